The first-order chi connectivity index (χ1) is 14.0. The fourth-order valence-corrected chi connectivity index (χ4v) is 3.89. The fourth-order valence-electron chi connectivity index (χ4n) is 3.76. The molecule has 142 valence electrons. The van der Waals surface area contributed by atoms with Crippen molar-refractivity contribution < 1.29 is 0 Å². The summed E-state index contributed by atoms with van der Waals surface area (Å²) in [6.07, 6.45) is 3.61. The third-order valence-corrected chi connectivity index (χ3v) is 5.50. The zero-order valence-electron chi connectivity index (χ0n) is 16.0. The van der Waals surface area contributed by atoms with Crippen LogP contribution in [0.25, 0.3) is 38.8 Å². The van der Waals surface area contributed by atoms with Gasteiger partial charge in [0, 0.05) is 29.3 Å². The number of nitrogens with one attached hydrogen (secondary N) is 1. The summed E-state index contributed by atoms with van der Waals surface area (Å²) < 4.78 is 3.81. The van der Waals surface area contributed by atoms with Crippen LogP contribution in [0.1, 0.15) is 5.69 Å². The van der Waals surface area contributed by atoms with Crippen molar-refractivity contribution >= 4 is 33.5 Å². The molecule has 3 aromatic heterocycles. The number of imidazole rings is 1. The summed E-state index contributed by atoms with van der Waals surface area (Å²) in [5.41, 5.74) is 7.13. The largest absolute Gasteiger partial charge is 0.312 e. The van der Waals surface area contributed by atoms with Crippen LogP contribution < -0.4 is 5.62 Å². The molecule has 0 amide bonds. The lowest BCUT2D eigenvalue weighted by atomic mass is 10.0. The van der Waals surface area contributed by atoms with Gasteiger partial charge in [0.25, 0.3) is 0 Å². The summed E-state index contributed by atoms with van der Waals surface area (Å²) >= 11 is 6.05. The second-order valence-corrected chi connectivity index (χ2v) is 7.54. The third kappa shape index (κ3) is 2.82. The normalized spacial score (nSPS) is 11.4. The van der Waals surface area contributed by atoms with Gasteiger partial charge in [-0.05, 0) is 54.4 Å². The van der Waals surface area contributed by atoms with E-state index in [4.69, 9.17) is 17.0 Å². The first kappa shape index (κ1) is 17.6. The highest BCUT2D eigenvalue weighted by molar-refractivity contribution is 6.30. The molecule has 29 heavy (non-hydrogen) atoms. The average molecular weight is 400 g/mol. The van der Waals surface area contributed by atoms with Gasteiger partial charge in [0.1, 0.15) is 0 Å². The van der Waals surface area contributed by atoms with E-state index in [1.165, 1.54) is 0 Å². The van der Waals surface area contributed by atoms with Crippen LogP contribution in [-0.4, -0.2) is 19.1 Å². The van der Waals surface area contributed by atoms with Gasteiger partial charge in [0.15, 0.2) is 0 Å². The zero-order valence-corrected chi connectivity index (χ0v) is 16.8. The van der Waals surface area contributed by atoms with E-state index >= 15 is 0 Å². The van der Waals surface area contributed by atoms with Gasteiger partial charge in [0.2, 0.25) is 5.62 Å². The zero-order chi connectivity index (χ0) is 20.1. The molecule has 0 aliphatic heterocycles. The molecule has 0 aliphatic rings. The number of aromatic nitrogens is 4. The lowest BCUT2D eigenvalue weighted by molar-refractivity contribution is 0.786. The van der Waals surface area contributed by atoms with Gasteiger partial charge in [-0.2, -0.15) is 0 Å². The number of nitrogens with zero attached hydrogens (tertiary/aromatic N) is 4. The maximum atomic E-state index is 8.71. The highest BCUT2D eigenvalue weighted by Crippen LogP contribution is 2.30. The van der Waals surface area contributed by atoms with Gasteiger partial charge < -0.3 is 4.57 Å². The van der Waals surface area contributed by atoms with Crippen LogP contribution >= 0.6 is 11.6 Å². The lowest BCUT2D eigenvalue weighted by Crippen LogP contribution is -2.21. The van der Waals surface area contributed by atoms with Crippen LogP contribution in [0, 0.1) is 12.3 Å². The second kappa shape index (κ2) is 6.57. The Morgan fingerprint density at radius 1 is 0.931 bits per heavy atom. The number of pyridine rings is 2. The van der Waals surface area contributed by atoms with E-state index in [0.29, 0.717) is 10.6 Å². The molecule has 5 aromatic rings. The van der Waals surface area contributed by atoms with Gasteiger partial charge >= 0.3 is 0 Å². The van der Waals surface area contributed by atoms with Gasteiger partial charge in [-0.1, -0.05) is 29.8 Å². The maximum absolute atomic E-state index is 8.71. The van der Waals surface area contributed by atoms with Crippen LogP contribution in [0.2, 0.25) is 5.02 Å². The van der Waals surface area contributed by atoms with Crippen LogP contribution in [0.5, 0.6) is 0 Å². The smallest absolute Gasteiger partial charge is 0.207 e. The number of fused-ring (bicyclic) bond motifs is 3. The molecule has 0 spiro atoms. The molecule has 2 aromatic carbocycles. The van der Waals surface area contributed by atoms with E-state index in [2.05, 4.69) is 22.1 Å². The molecule has 6 heteroatoms. The first-order valence-corrected chi connectivity index (χ1v) is 9.64. The van der Waals surface area contributed by atoms with Crippen molar-refractivity contribution in [2.75, 3.05) is 0 Å². The highest BCUT2D eigenvalue weighted by atomic mass is 35.5. The Balaban J connectivity index is 1.88. The van der Waals surface area contributed by atoms with E-state index < -0.39 is 0 Å². The molecule has 0 bridgehead atoms. The summed E-state index contributed by atoms with van der Waals surface area (Å²) in [6.45, 7) is 1.96. The van der Waals surface area contributed by atoms with Crippen molar-refractivity contribution in [1.29, 1.82) is 5.41 Å². The standard InChI is InChI=1S/C23H18ClN5/c1-14-11-18(9-10-26-14)29-22-19-12-16(15-3-6-17(24)7-4-15)5-8-20(19)27-13-21(22)28(2)23(29)25/h3-13,25H,1-2H3. The number of halogens is 1. The minimum atomic E-state index is 0.386. The van der Waals surface area contributed by atoms with E-state index in [-0.39, 0.29) is 0 Å². The molecule has 1 N–H and O–H groups in total. The Kier molecular flexibility index (Phi) is 4.00. The Morgan fingerprint density at radius 2 is 1.69 bits per heavy atom. The molecule has 0 fully saturated rings. The summed E-state index contributed by atoms with van der Waals surface area (Å²) in [7, 11) is 1.89. The van der Waals surface area contributed by atoms with Crippen LogP contribution in [-0.2, 0) is 7.05 Å². The van der Waals surface area contributed by atoms with E-state index in [0.717, 1.165) is 44.4 Å². The molecular formula is C23H18ClN5. The van der Waals surface area contributed by atoms with Crippen molar-refractivity contribution in [2.24, 2.45) is 7.05 Å². The molecule has 5 rings (SSSR count). The third-order valence-electron chi connectivity index (χ3n) is 5.25. The quantitative estimate of drug-likeness (QED) is 0.453. The van der Waals surface area contributed by atoms with Crippen molar-refractivity contribution in [1.82, 2.24) is 19.1 Å². The van der Waals surface area contributed by atoms with Crippen LogP contribution in [0.15, 0.2) is 67.0 Å². The van der Waals surface area contributed by atoms with E-state index in [9.17, 15) is 0 Å². The first-order valence-electron chi connectivity index (χ1n) is 9.27. The van der Waals surface area contributed by atoms with Crippen LogP contribution in [0.4, 0.5) is 0 Å². The van der Waals surface area contributed by atoms with Crippen LogP contribution in [0.3, 0.4) is 0 Å². The summed E-state index contributed by atoms with van der Waals surface area (Å²) in [5.74, 6) is 0. The predicted molar refractivity (Wildman–Crippen MR) is 116 cm³/mol. The maximum Gasteiger partial charge on any atom is 0.207 e. The monoisotopic (exact) mass is 399 g/mol. The summed E-state index contributed by atoms with van der Waals surface area (Å²) in [6, 6.07) is 18.0. The van der Waals surface area contributed by atoms with E-state index in [1.807, 2.05) is 71.8 Å². The predicted octanol–water partition coefficient (Wildman–Crippen LogP) is 5.02. The van der Waals surface area contributed by atoms with E-state index in [1.54, 1.807) is 6.20 Å². The Bertz CT molecular complexity index is 1440. The molecule has 0 aliphatic carbocycles. The highest BCUT2D eigenvalue weighted by Gasteiger charge is 2.15. The van der Waals surface area contributed by atoms with Gasteiger partial charge in [-0.15, -0.1) is 0 Å². The molecule has 0 unspecified atom stereocenters. The average Bonchev–Trinajstić information content (AvgIpc) is 2.99. The van der Waals surface area contributed by atoms with Gasteiger partial charge in [0.05, 0.1) is 28.4 Å². The second-order valence-electron chi connectivity index (χ2n) is 7.10. The van der Waals surface area contributed by atoms with Crippen molar-refractivity contribution in [3.63, 3.8) is 0 Å². The molecule has 0 saturated carbocycles. The minimum absolute atomic E-state index is 0.386. The lowest BCUT2D eigenvalue weighted by Gasteiger charge is -2.09. The molecule has 3 heterocycles. The molecule has 0 atom stereocenters. The summed E-state index contributed by atoms with van der Waals surface area (Å²) in [5, 5.41) is 10.4. The fraction of sp³-hybridized carbons (Fsp3) is 0.0870. The Hall–Kier alpha value is -3.44. The van der Waals surface area contributed by atoms with Crippen molar-refractivity contribution in [3.05, 3.63) is 83.3 Å². The number of hydrogen-bond acceptors (Lipinski definition) is 3. The molecule has 0 saturated heterocycles. The van der Waals surface area contributed by atoms with Gasteiger partial charge in [-0.3, -0.25) is 19.9 Å². The molecule has 0 radical (unpaired) electrons. The molecule has 5 nitrogen and oxygen atoms in total. The van der Waals surface area contributed by atoms with Crippen molar-refractivity contribution in [3.8, 4) is 16.8 Å². The molecular weight excluding hydrogens is 382 g/mol. The summed E-state index contributed by atoms with van der Waals surface area (Å²) in [4.78, 5) is 8.93. The Labute approximate surface area is 172 Å². The number of benzene rings is 2. The number of rotatable bonds is 2. The number of hydrogen-bond donors (Lipinski definition) is 1. The number of aryl methyl sites for hydroxylation is 2. The Morgan fingerprint density at radius 3 is 2.45 bits per heavy atom. The SMILES string of the molecule is Cc1cc(-n2c(=N)n(C)c3cnc4ccc(-c5ccc(Cl)cc5)cc4c32)ccn1. The van der Waals surface area contributed by atoms with Crippen molar-refractivity contribution in [2.45, 2.75) is 6.92 Å². The topological polar surface area (TPSA) is 59.5 Å². The van der Waals surface area contributed by atoms with Gasteiger partial charge in [-0.25, -0.2) is 0 Å². The minimum Gasteiger partial charge on any atom is -0.312 e.